The van der Waals surface area contributed by atoms with E-state index in [1.165, 1.54) is 17.5 Å². The standard InChI is InChI=1S/C12H15NO2/c1-8-4-11-12(15-7-14-11)5-10(8)9-2-3-13-6-9/h4-5,9,13H,2-3,6-7H2,1H3. The van der Waals surface area contributed by atoms with Crippen LogP contribution in [-0.4, -0.2) is 19.9 Å². The zero-order valence-electron chi connectivity index (χ0n) is 8.88. The van der Waals surface area contributed by atoms with Crippen LogP contribution in [0.4, 0.5) is 0 Å². The molecule has 1 fully saturated rings. The van der Waals surface area contributed by atoms with Crippen molar-refractivity contribution in [3.8, 4) is 11.5 Å². The van der Waals surface area contributed by atoms with Gasteiger partial charge in [0.1, 0.15) is 0 Å². The highest BCUT2D eigenvalue weighted by atomic mass is 16.7. The van der Waals surface area contributed by atoms with Crippen molar-refractivity contribution >= 4 is 0 Å². The molecule has 0 aliphatic carbocycles. The van der Waals surface area contributed by atoms with E-state index < -0.39 is 0 Å². The van der Waals surface area contributed by atoms with Crippen LogP contribution in [0.25, 0.3) is 0 Å². The molecule has 1 unspecified atom stereocenters. The Labute approximate surface area is 89.4 Å². The molecule has 2 heterocycles. The summed E-state index contributed by atoms with van der Waals surface area (Å²) in [6.07, 6.45) is 1.22. The molecule has 1 N–H and O–H groups in total. The Morgan fingerprint density at radius 1 is 1.27 bits per heavy atom. The maximum atomic E-state index is 5.41. The normalized spacial score (nSPS) is 23.4. The second-order valence-corrected chi connectivity index (χ2v) is 4.25. The summed E-state index contributed by atoms with van der Waals surface area (Å²) in [5, 5.41) is 3.39. The Morgan fingerprint density at radius 3 is 2.80 bits per heavy atom. The predicted molar refractivity (Wildman–Crippen MR) is 57.5 cm³/mol. The molecule has 1 saturated heterocycles. The molecule has 0 amide bonds. The lowest BCUT2D eigenvalue weighted by molar-refractivity contribution is 0.174. The van der Waals surface area contributed by atoms with Gasteiger partial charge in [-0.25, -0.2) is 0 Å². The van der Waals surface area contributed by atoms with E-state index in [0.29, 0.717) is 12.7 Å². The quantitative estimate of drug-likeness (QED) is 0.758. The monoisotopic (exact) mass is 205 g/mol. The topological polar surface area (TPSA) is 30.5 Å². The van der Waals surface area contributed by atoms with Gasteiger partial charge in [-0.2, -0.15) is 0 Å². The van der Waals surface area contributed by atoms with Gasteiger partial charge >= 0.3 is 0 Å². The third-order valence-corrected chi connectivity index (χ3v) is 3.26. The predicted octanol–water partition coefficient (Wildman–Crippen LogP) is 1.80. The van der Waals surface area contributed by atoms with Crippen molar-refractivity contribution in [1.29, 1.82) is 0 Å². The number of hydrogen-bond donors (Lipinski definition) is 1. The fourth-order valence-electron chi connectivity index (χ4n) is 2.42. The maximum Gasteiger partial charge on any atom is 0.231 e. The summed E-state index contributed by atoms with van der Waals surface area (Å²) in [6.45, 7) is 4.72. The summed E-state index contributed by atoms with van der Waals surface area (Å²) >= 11 is 0. The molecule has 0 aromatic heterocycles. The van der Waals surface area contributed by atoms with Gasteiger partial charge in [0.15, 0.2) is 11.5 Å². The average Bonchev–Trinajstić information content (AvgIpc) is 2.85. The highest BCUT2D eigenvalue weighted by Crippen LogP contribution is 2.38. The van der Waals surface area contributed by atoms with Crippen LogP contribution < -0.4 is 14.8 Å². The molecule has 0 bridgehead atoms. The van der Waals surface area contributed by atoms with E-state index in [4.69, 9.17) is 9.47 Å². The van der Waals surface area contributed by atoms with Crippen molar-refractivity contribution in [3.63, 3.8) is 0 Å². The Kier molecular flexibility index (Phi) is 2.06. The fourth-order valence-corrected chi connectivity index (χ4v) is 2.42. The van der Waals surface area contributed by atoms with Crippen LogP contribution in [0.1, 0.15) is 23.5 Å². The largest absolute Gasteiger partial charge is 0.454 e. The fraction of sp³-hybridized carbons (Fsp3) is 0.500. The number of benzene rings is 1. The molecular weight excluding hydrogens is 190 g/mol. The van der Waals surface area contributed by atoms with Crippen molar-refractivity contribution in [2.24, 2.45) is 0 Å². The highest BCUT2D eigenvalue weighted by molar-refractivity contribution is 5.49. The van der Waals surface area contributed by atoms with Gasteiger partial charge in [-0.1, -0.05) is 0 Å². The number of aryl methyl sites for hydroxylation is 1. The molecular formula is C12H15NO2. The molecule has 1 atom stereocenters. The number of rotatable bonds is 1. The molecule has 80 valence electrons. The van der Waals surface area contributed by atoms with E-state index in [-0.39, 0.29) is 0 Å². The molecule has 0 spiro atoms. The van der Waals surface area contributed by atoms with E-state index in [1.807, 2.05) is 0 Å². The van der Waals surface area contributed by atoms with Crippen molar-refractivity contribution in [2.45, 2.75) is 19.3 Å². The highest BCUT2D eigenvalue weighted by Gasteiger charge is 2.22. The molecule has 2 aliphatic rings. The summed E-state index contributed by atoms with van der Waals surface area (Å²) in [5.41, 5.74) is 2.72. The summed E-state index contributed by atoms with van der Waals surface area (Å²) in [6, 6.07) is 4.24. The maximum absolute atomic E-state index is 5.41. The Hall–Kier alpha value is -1.22. The second-order valence-electron chi connectivity index (χ2n) is 4.25. The van der Waals surface area contributed by atoms with Crippen LogP contribution in [-0.2, 0) is 0 Å². The Balaban J connectivity index is 2.00. The first kappa shape index (κ1) is 9.04. The van der Waals surface area contributed by atoms with Gasteiger partial charge in [0, 0.05) is 6.54 Å². The lowest BCUT2D eigenvalue weighted by atomic mass is 9.93. The van der Waals surface area contributed by atoms with Gasteiger partial charge < -0.3 is 14.8 Å². The van der Waals surface area contributed by atoms with Crippen LogP contribution in [0.3, 0.4) is 0 Å². The molecule has 0 radical (unpaired) electrons. The zero-order chi connectivity index (χ0) is 10.3. The molecule has 3 nitrogen and oxygen atoms in total. The van der Waals surface area contributed by atoms with E-state index in [0.717, 1.165) is 24.6 Å². The third-order valence-electron chi connectivity index (χ3n) is 3.26. The Bertz CT molecular complexity index is 383. The molecule has 3 rings (SSSR count). The van der Waals surface area contributed by atoms with Gasteiger partial charge in [0.05, 0.1) is 0 Å². The first-order valence-electron chi connectivity index (χ1n) is 5.45. The summed E-state index contributed by atoms with van der Waals surface area (Å²) in [4.78, 5) is 0. The minimum atomic E-state index is 0.362. The smallest absolute Gasteiger partial charge is 0.231 e. The molecule has 1 aromatic rings. The van der Waals surface area contributed by atoms with Crippen molar-refractivity contribution in [3.05, 3.63) is 23.3 Å². The summed E-state index contributed by atoms with van der Waals surface area (Å²) in [5.74, 6) is 2.43. The minimum Gasteiger partial charge on any atom is -0.454 e. The molecule has 0 saturated carbocycles. The first-order valence-corrected chi connectivity index (χ1v) is 5.45. The molecule has 1 aromatic carbocycles. The zero-order valence-corrected chi connectivity index (χ0v) is 8.88. The van der Waals surface area contributed by atoms with Gasteiger partial charge in [-0.3, -0.25) is 0 Å². The van der Waals surface area contributed by atoms with Crippen molar-refractivity contribution in [2.75, 3.05) is 19.9 Å². The van der Waals surface area contributed by atoms with E-state index in [9.17, 15) is 0 Å². The van der Waals surface area contributed by atoms with Crippen LogP contribution in [0.15, 0.2) is 12.1 Å². The van der Waals surface area contributed by atoms with E-state index >= 15 is 0 Å². The van der Waals surface area contributed by atoms with Crippen LogP contribution in [0.2, 0.25) is 0 Å². The number of nitrogens with one attached hydrogen (secondary N) is 1. The summed E-state index contributed by atoms with van der Waals surface area (Å²) < 4.78 is 10.8. The van der Waals surface area contributed by atoms with Gasteiger partial charge in [0.2, 0.25) is 6.79 Å². The van der Waals surface area contributed by atoms with Gasteiger partial charge in [0.25, 0.3) is 0 Å². The van der Waals surface area contributed by atoms with E-state index in [2.05, 4.69) is 24.4 Å². The van der Waals surface area contributed by atoms with Crippen LogP contribution >= 0.6 is 0 Å². The van der Waals surface area contributed by atoms with E-state index in [1.54, 1.807) is 0 Å². The second kappa shape index (κ2) is 3.42. The average molecular weight is 205 g/mol. The van der Waals surface area contributed by atoms with Gasteiger partial charge in [-0.05, 0) is 49.1 Å². The van der Waals surface area contributed by atoms with Crippen molar-refractivity contribution in [1.82, 2.24) is 5.32 Å². The Morgan fingerprint density at radius 2 is 2.07 bits per heavy atom. The minimum absolute atomic E-state index is 0.362. The van der Waals surface area contributed by atoms with Gasteiger partial charge in [-0.15, -0.1) is 0 Å². The number of hydrogen-bond acceptors (Lipinski definition) is 3. The molecule has 3 heteroatoms. The first-order chi connectivity index (χ1) is 7.34. The summed E-state index contributed by atoms with van der Waals surface area (Å²) in [7, 11) is 0. The van der Waals surface area contributed by atoms with Crippen molar-refractivity contribution < 1.29 is 9.47 Å². The van der Waals surface area contributed by atoms with Crippen LogP contribution in [0, 0.1) is 6.92 Å². The number of fused-ring (bicyclic) bond motifs is 1. The molecule has 2 aliphatic heterocycles. The third kappa shape index (κ3) is 1.47. The SMILES string of the molecule is Cc1cc2c(cc1C1CCNC1)OCO2. The number of ether oxygens (including phenoxy) is 2. The van der Waals surface area contributed by atoms with Crippen LogP contribution in [0.5, 0.6) is 11.5 Å². The molecule has 15 heavy (non-hydrogen) atoms. The lowest BCUT2D eigenvalue weighted by Gasteiger charge is -2.13. The lowest BCUT2D eigenvalue weighted by Crippen LogP contribution is -2.08.